The lowest BCUT2D eigenvalue weighted by Gasteiger charge is -2.14. The molecule has 154 valence electrons. The number of carbonyl (C=O) groups is 1. The number of hydrogen-bond donors (Lipinski definition) is 0. The van der Waals surface area contributed by atoms with Crippen molar-refractivity contribution in [3.8, 4) is 16.9 Å². The monoisotopic (exact) mass is 399 g/mol. The molecule has 0 N–H and O–H groups in total. The molecule has 0 aliphatic carbocycles. The van der Waals surface area contributed by atoms with Crippen LogP contribution in [0.3, 0.4) is 0 Å². The zero-order chi connectivity index (χ0) is 21.5. The molecule has 0 aromatic heterocycles. The summed E-state index contributed by atoms with van der Waals surface area (Å²) in [5.74, 6) is 0.758. The topological polar surface area (TPSA) is 29.5 Å². The van der Waals surface area contributed by atoms with Gasteiger partial charge in [0.05, 0.1) is 0 Å². The largest absolute Gasteiger partial charge is 0.492 e. The molecular weight excluding hydrogens is 370 g/mol. The van der Waals surface area contributed by atoms with E-state index in [2.05, 4.69) is 49.1 Å². The molecule has 0 fully saturated rings. The highest BCUT2D eigenvalue weighted by molar-refractivity contribution is 6.07. The number of carbonyl (C=O) groups excluding carboxylic acids is 1. The van der Waals surface area contributed by atoms with Gasteiger partial charge in [-0.25, -0.2) is 0 Å². The van der Waals surface area contributed by atoms with Gasteiger partial charge in [-0.05, 0) is 63.4 Å². The summed E-state index contributed by atoms with van der Waals surface area (Å²) < 4.78 is 6.02. The van der Waals surface area contributed by atoms with Gasteiger partial charge in [-0.1, -0.05) is 65.7 Å². The second-order valence-electron chi connectivity index (χ2n) is 7.84. The molecule has 0 radical (unpaired) electrons. The molecular formula is C27H29NO2. The van der Waals surface area contributed by atoms with Gasteiger partial charge in [-0.2, -0.15) is 0 Å². The van der Waals surface area contributed by atoms with E-state index in [-0.39, 0.29) is 5.78 Å². The van der Waals surface area contributed by atoms with Gasteiger partial charge in [-0.15, -0.1) is 0 Å². The molecule has 0 saturated carbocycles. The van der Waals surface area contributed by atoms with Crippen LogP contribution in [0.1, 0.15) is 27.0 Å². The average molecular weight is 400 g/mol. The van der Waals surface area contributed by atoms with Crippen LogP contribution in [-0.4, -0.2) is 37.9 Å². The van der Waals surface area contributed by atoms with Gasteiger partial charge in [0.2, 0.25) is 0 Å². The van der Waals surface area contributed by atoms with E-state index in [0.29, 0.717) is 12.2 Å². The highest BCUT2D eigenvalue weighted by atomic mass is 16.5. The van der Waals surface area contributed by atoms with Crippen LogP contribution in [0.2, 0.25) is 0 Å². The van der Waals surface area contributed by atoms with E-state index in [0.717, 1.165) is 29.0 Å². The van der Waals surface area contributed by atoms with E-state index >= 15 is 0 Å². The summed E-state index contributed by atoms with van der Waals surface area (Å²) in [6.07, 6.45) is 3.47. The molecule has 0 bridgehead atoms. The minimum Gasteiger partial charge on any atom is -0.492 e. The molecule has 3 nitrogen and oxygen atoms in total. The Balaban J connectivity index is 1.93. The lowest BCUT2D eigenvalue weighted by molar-refractivity contribution is 0.104. The third kappa shape index (κ3) is 5.91. The minimum absolute atomic E-state index is 0.0216. The van der Waals surface area contributed by atoms with Gasteiger partial charge >= 0.3 is 0 Å². The molecule has 0 unspecified atom stereocenters. The first-order valence-electron chi connectivity index (χ1n) is 10.2. The molecule has 3 heteroatoms. The van der Waals surface area contributed by atoms with Gasteiger partial charge in [0, 0.05) is 17.7 Å². The highest BCUT2D eigenvalue weighted by Crippen LogP contribution is 2.29. The van der Waals surface area contributed by atoms with Crippen LogP contribution in [0, 0.1) is 13.8 Å². The lowest BCUT2D eigenvalue weighted by Crippen LogP contribution is -2.19. The molecule has 0 amide bonds. The van der Waals surface area contributed by atoms with Crippen molar-refractivity contribution in [3.05, 3.63) is 95.1 Å². The fraction of sp³-hybridized carbons (Fsp3) is 0.222. The normalized spacial score (nSPS) is 11.2. The Hall–Kier alpha value is -3.17. The van der Waals surface area contributed by atoms with E-state index in [1.807, 2.05) is 56.6 Å². The number of allylic oxidation sites excluding steroid dienone is 1. The van der Waals surface area contributed by atoms with Gasteiger partial charge < -0.3 is 9.64 Å². The summed E-state index contributed by atoms with van der Waals surface area (Å²) in [6.45, 7) is 5.62. The Kier molecular flexibility index (Phi) is 7.21. The van der Waals surface area contributed by atoms with Gasteiger partial charge in [0.25, 0.3) is 0 Å². The SMILES string of the molecule is Cc1cc(C)cc(-c2ccc(OCCN(C)C)c(C=CC(=O)c3ccccc3)c2)c1. The van der Waals surface area contributed by atoms with Crippen molar-refractivity contribution in [1.82, 2.24) is 4.90 Å². The standard InChI is InChI=1S/C27H29NO2/c1-20-16-21(2)18-25(17-20)23-11-13-27(30-15-14-28(3)4)24(19-23)10-12-26(29)22-8-6-5-7-9-22/h5-13,16-19H,14-15H2,1-4H3. The Labute approximate surface area is 179 Å². The second kappa shape index (κ2) is 10.0. The number of ketones is 1. The molecule has 3 aromatic rings. The third-order valence-electron chi connectivity index (χ3n) is 4.83. The number of likely N-dealkylation sites (N-methyl/N-ethyl adjacent to an activating group) is 1. The van der Waals surface area contributed by atoms with Crippen molar-refractivity contribution in [2.45, 2.75) is 13.8 Å². The van der Waals surface area contributed by atoms with E-state index in [9.17, 15) is 4.79 Å². The van der Waals surface area contributed by atoms with Gasteiger partial charge in [0.1, 0.15) is 12.4 Å². The van der Waals surface area contributed by atoms with E-state index in [4.69, 9.17) is 4.74 Å². The molecule has 0 heterocycles. The lowest BCUT2D eigenvalue weighted by atomic mass is 9.98. The number of aryl methyl sites for hydroxylation is 2. The summed E-state index contributed by atoms with van der Waals surface area (Å²) in [5.41, 5.74) is 6.30. The summed E-state index contributed by atoms with van der Waals surface area (Å²) in [6, 6.07) is 22.0. The first-order chi connectivity index (χ1) is 14.4. The van der Waals surface area contributed by atoms with Crippen molar-refractivity contribution in [2.75, 3.05) is 27.2 Å². The summed E-state index contributed by atoms with van der Waals surface area (Å²) in [4.78, 5) is 14.6. The maximum atomic E-state index is 12.5. The second-order valence-corrected chi connectivity index (χ2v) is 7.84. The van der Waals surface area contributed by atoms with Crippen LogP contribution in [0.25, 0.3) is 17.2 Å². The Morgan fingerprint density at radius 2 is 1.60 bits per heavy atom. The van der Waals surface area contributed by atoms with Crippen LogP contribution in [0.5, 0.6) is 5.75 Å². The maximum absolute atomic E-state index is 12.5. The van der Waals surface area contributed by atoms with Crippen LogP contribution in [-0.2, 0) is 0 Å². The van der Waals surface area contributed by atoms with Crippen LogP contribution < -0.4 is 4.74 Å². The quantitative estimate of drug-likeness (QED) is 0.354. The summed E-state index contributed by atoms with van der Waals surface area (Å²) >= 11 is 0. The molecule has 3 aromatic carbocycles. The fourth-order valence-electron chi connectivity index (χ4n) is 3.33. The van der Waals surface area contributed by atoms with Crippen LogP contribution in [0.15, 0.2) is 72.8 Å². The number of hydrogen-bond acceptors (Lipinski definition) is 3. The van der Waals surface area contributed by atoms with Crippen molar-refractivity contribution in [1.29, 1.82) is 0 Å². The maximum Gasteiger partial charge on any atom is 0.185 e. The van der Waals surface area contributed by atoms with Crippen LogP contribution in [0.4, 0.5) is 0 Å². The first-order valence-corrected chi connectivity index (χ1v) is 10.2. The minimum atomic E-state index is -0.0216. The zero-order valence-electron chi connectivity index (χ0n) is 18.2. The van der Waals surface area contributed by atoms with E-state index in [1.54, 1.807) is 6.08 Å². The molecule has 0 spiro atoms. The summed E-state index contributed by atoms with van der Waals surface area (Å²) in [7, 11) is 4.04. The third-order valence-corrected chi connectivity index (χ3v) is 4.83. The Bertz CT molecular complexity index is 1020. The van der Waals surface area contributed by atoms with E-state index < -0.39 is 0 Å². The molecule has 0 atom stereocenters. The van der Waals surface area contributed by atoms with Crippen LogP contribution >= 0.6 is 0 Å². The molecule has 0 aliphatic rings. The molecule has 30 heavy (non-hydrogen) atoms. The molecule has 0 aliphatic heterocycles. The van der Waals surface area contributed by atoms with Gasteiger partial charge in [-0.3, -0.25) is 4.79 Å². The van der Waals surface area contributed by atoms with Crippen molar-refractivity contribution in [2.24, 2.45) is 0 Å². The number of rotatable bonds is 8. The van der Waals surface area contributed by atoms with Crippen molar-refractivity contribution < 1.29 is 9.53 Å². The van der Waals surface area contributed by atoms with Crippen molar-refractivity contribution in [3.63, 3.8) is 0 Å². The Morgan fingerprint density at radius 3 is 2.27 bits per heavy atom. The number of nitrogens with zero attached hydrogens (tertiary/aromatic N) is 1. The Morgan fingerprint density at radius 1 is 0.900 bits per heavy atom. The summed E-state index contributed by atoms with van der Waals surface area (Å²) in [5, 5.41) is 0. The predicted octanol–water partition coefficient (Wildman–Crippen LogP) is 5.81. The van der Waals surface area contributed by atoms with E-state index in [1.165, 1.54) is 11.1 Å². The van der Waals surface area contributed by atoms with Gasteiger partial charge in [0.15, 0.2) is 5.78 Å². The molecule has 3 rings (SSSR count). The smallest absolute Gasteiger partial charge is 0.185 e. The highest BCUT2D eigenvalue weighted by Gasteiger charge is 2.08. The zero-order valence-corrected chi connectivity index (χ0v) is 18.2. The van der Waals surface area contributed by atoms with Crippen molar-refractivity contribution >= 4 is 11.9 Å². The molecule has 0 saturated heterocycles. The number of benzene rings is 3. The first kappa shape index (κ1) is 21.5. The number of ether oxygens (including phenoxy) is 1. The average Bonchev–Trinajstić information content (AvgIpc) is 2.72. The predicted molar refractivity (Wildman–Crippen MR) is 125 cm³/mol. The fourth-order valence-corrected chi connectivity index (χ4v) is 3.33.